The van der Waals surface area contributed by atoms with Crippen LogP contribution >= 0.6 is 11.6 Å². The van der Waals surface area contributed by atoms with Gasteiger partial charge < -0.3 is 5.11 Å². The molecule has 1 saturated heterocycles. The molecule has 2 nitrogen and oxygen atoms in total. The Bertz CT molecular complexity index is 464. The summed E-state index contributed by atoms with van der Waals surface area (Å²) in [7, 11) is 0. The van der Waals surface area contributed by atoms with Crippen molar-refractivity contribution in [3.8, 4) is 0 Å². The number of aliphatic hydroxyl groups excluding tert-OH is 1. The molecule has 2 fully saturated rings. The van der Waals surface area contributed by atoms with Crippen molar-refractivity contribution in [1.29, 1.82) is 0 Å². The molecule has 1 aliphatic heterocycles. The molecule has 3 unspecified atom stereocenters. The second kappa shape index (κ2) is 7.13. The Labute approximate surface area is 133 Å². The molecule has 116 valence electrons. The van der Waals surface area contributed by atoms with Crippen LogP contribution in [0, 0.1) is 5.92 Å². The molecule has 0 spiro atoms. The maximum Gasteiger partial charge on any atom is 0.0583 e. The smallest absolute Gasteiger partial charge is 0.0583 e. The minimum atomic E-state index is -0.0938. The second-order valence-corrected chi connectivity index (χ2v) is 7.12. The van der Waals surface area contributed by atoms with Gasteiger partial charge >= 0.3 is 0 Å². The predicted octanol–water partition coefficient (Wildman–Crippen LogP) is 4.25. The molecule has 1 aromatic rings. The van der Waals surface area contributed by atoms with Crippen LogP contribution in [0.5, 0.6) is 0 Å². The summed E-state index contributed by atoms with van der Waals surface area (Å²) in [4.78, 5) is 2.59. The summed E-state index contributed by atoms with van der Waals surface area (Å²) in [5.74, 6) is 0.471. The average molecular weight is 308 g/mol. The van der Waals surface area contributed by atoms with E-state index in [1.54, 1.807) is 0 Å². The molecule has 21 heavy (non-hydrogen) atoms. The summed E-state index contributed by atoms with van der Waals surface area (Å²) in [5, 5.41) is 11.2. The van der Waals surface area contributed by atoms with E-state index in [4.69, 9.17) is 11.6 Å². The quantitative estimate of drug-likeness (QED) is 0.902. The summed E-state index contributed by atoms with van der Waals surface area (Å²) in [5.41, 5.74) is 1.29. The monoisotopic (exact) mass is 307 g/mol. The van der Waals surface area contributed by atoms with E-state index in [-0.39, 0.29) is 6.10 Å². The number of hydrogen-bond donors (Lipinski definition) is 1. The third-order valence-corrected chi connectivity index (χ3v) is 5.45. The number of hydrogen-bond acceptors (Lipinski definition) is 2. The van der Waals surface area contributed by atoms with Gasteiger partial charge in [0.05, 0.1) is 6.10 Å². The molecule has 1 aromatic carbocycles. The first kappa shape index (κ1) is 15.3. The van der Waals surface area contributed by atoms with Crippen LogP contribution in [-0.2, 0) is 6.54 Å². The van der Waals surface area contributed by atoms with Crippen molar-refractivity contribution in [2.75, 3.05) is 6.54 Å². The molecule has 1 aliphatic carbocycles. The van der Waals surface area contributed by atoms with Crippen LogP contribution in [0.4, 0.5) is 0 Å². The maximum absolute atomic E-state index is 10.4. The number of halogens is 1. The summed E-state index contributed by atoms with van der Waals surface area (Å²) >= 11 is 6.11. The summed E-state index contributed by atoms with van der Waals surface area (Å²) in [6.07, 6.45) is 8.39. The topological polar surface area (TPSA) is 23.5 Å². The molecule has 2 aliphatic rings. The fourth-order valence-corrected chi connectivity index (χ4v) is 4.37. The van der Waals surface area contributed by atoms with Gasteiger partial charge in [-0.1, -0.05) is 43.0 Å². The third kappa shape index (κ3) is 3.80. The molecule has 1 heterocycles. The van der Waals surface area contributed by atoms with Crippen molar-refractivity contribution in [3.05, 3.63) is 34.9 Å². The molecule has 1 saturated carbocycles. The lowest BCUT2D eigenvalue weighted by Crippen LogP contribution is -2.48. The van der Waals surface area contributed by atoms with Crippen molar-refractivity contribution >= 4 is 11.6 Å². The first-order valence-corrected chi connectivity index (χ1v) is 8.78. The number of piperidine rings is 1. The van der Waals surface area contributed by atoms with Crippen molar-refractivity contribution in [2.24, 2.45) is 5.92 Å². The van der Waals surface area contributed by atoms with E-state index >= 15 is 0 Å². The van der Waals surface area contributed by atoms with Crippen LogP contribution in [0.25, 0.3) is 0 Å². The van der Waals surface area contributed by atoms with Crippen LogP contribution in [0.2, 0.25) is 5.02 Å². The number of benzene rings is 1. The molecular formula is C18H26ClNO. The average Bonchev–Trinajstić information content (AvgIpc) is 2.49. The fourth-order valence-electron chi connectivity index (χ4n) is 4.16. The van der Waals surface area contributed by atoms with Gasteiger partial charge in [0.25, 0.3) is 0 Å². The van der Waals surface area contributed by atoms with Crippen molar-refractivity contribution < 1.29 is 5.11 Å². The number of aliphatic hydroxyl groups is 1. The minimum absolute atomic E-state index is 0.0938. The lowest BCUT2D eigenvalue weighted by Gasteiger charge is -2.43. The van der Waals surface area contributed by atoms with Gasteiger partial charge in [0.2, 0.25) is 0 Å². The molecule has 1 N–H and O–H groups in total. The highest BCUT2D eigenvalue weighted by atomic mass is 35.5. The molecule has 0 aromatic heterocycles. The lowest BCUT2D eigenvalue weighted by molar-refractivity contribution is -0.00861. The highest BCUT2D eigenvalue weighted by Gasteiger charge is 2.35. The summed E-state index contributed by atoms with van der Waals surface area (Å²) in [6, 6.07) is 8.75. The molecule has 0 bridgehead atoms. The highest BCUT2D eigenvalue weighted by Crippen LogP contribution is 2.34. The van der Waals surface area contributed by atoms with E-state index in [1.165, 1.54) is 44.1 Å². The Morgan fingerprint density at radius 1 is 1.10 bits per heavy atom. The first-order valence-electron chi connectivity index (χ1n) is 8.40. The number of rotatable bonds is 3. The van der Waals surface area contributed by atoms with E-state index in [0.717, 1.165) is 24.5 Å². The Kier molecular flexibility index (Phi) is 5.20. The zero-order valence-corrected chi connectivity index (χ0v) is 13.4. The summed E-state index contributed by atoms with van der Waals surface area (Å²) in [6.45, 7) is 2.12. The Morgan fingerprint density at radius 3 is 2.71 bits per heavy atom. The van der Waals surface area contributed by atoms with Gasteiger partial charge in [-0.05, 0) is 49.9 Å². The molecule has 3 atom stereocenters. The van der Waals surface area contributed by atoms with Gasteiger partial charge in [-0.3, -0.25) is 4.90 Å². The van der Waals surface area contributed by atoms with Gasteiger partial charge in [-0.2, -0.15) is 0 Å². The van der Waals surface area contributed by atoms with Crippen molar-refractivity contribution in [3.63, 3.8) is 0 Å². The molecule has 0 amide bonds. The van der Waals surface area contributed by atoms with E-state index in [1.807, 2.05) is 12.1 Å². The predicted molar refractivity (Wildman–Crippen MR) is 87.5 cm³/mol. The fraction of sp³-hybridized carbons (Fsp3) is 0.667. The molecule has 3 rings (SSSR count). The zero-order valence-electron chi connectivity index (χ0n) is 12.7. The zero-order chi connectivity index (χ0) is 14.7. The van der Waals surface area contributed by atoms with Crippen LogP contribution < -0.4 is 0 Å². The largest absolute Gasteiger partial charge is 0.393 e. The van der Waals surface area contributed by atoms with Crippen molar-refractivity contribution in [1.82, 2.24) is 4.90 Å². The maximum atomic E-state index is 10.4. The lowest BCUT2D eigenvalue weighted by atomic mass is 9.78. The van der Waals surface area contributed by atoms with Crippen LogP contribution in [0.3, 0.4) is 0 Å². The standard InChI is InChI=1S/C18H26ClNO/c19-15-7-5-6-14(12-15)13-20-11-4-3-9-17(20)16-8-1-2-10-18(16)21/h5-7,12,16-18,21H,1-4,8-11,13H2. The van der Waals surface area contributed by atoms with E-state index < -0.39 is 0 Å². The number of likely N-dealkylation sites (tertiary alicyclic amines) is 1. The highest BCUT2D eigenvalue weighted by molar-refractivity contribution is 6.30. The Balaban J connectivity index is 1.71. The van der Waals surface area contributed by atoms with Gasteiger partial charge in [-0.15, -0.1) is 0 Å². The second-order valence-electron chi connectivity index (χ2n) is 6.68. The Morgan fingerprint density at radius 2 is 1.90 bits per heavy atom. The van der Waals surface area contributed by atoms with Gasteiger partial charge in [0, 0.05) is 23.5 Å². The van der Waals surface area contributed by atoms with E-state index in [0.29, 0.717) is 12.0 Å². The number of nitrogens with zero attached hydrogens (tertiary/aromatic N) is 1. The van der Waals surface area contributed by atoms with E-state index in [2.05, 4.69) is 17.0 Å². The van der Waals surface area contributed by atoms with Gasteiger partial charge in [0.15, 0.2) is 0 Å². The van der Waals surface area contributed by atoms with Gasteiger partial charge in [-0.25, -0.2) is 0 Å². The molecular weight excluding hydrogens is 282 g/mol. The molecule has 0 radical (unpaired) electrons. The normalized spacial score (nSPS) is 31.2. The SMILES string of the molecule is OC1CCCCC1C1CCCCN1Cc1cccc(Cl)c1. The van der Waals surface area contributed by atoms with Crippen LogP contribution in [0.15, 0.2) is 24.3 Å². The van der Waals surface area contributed by atoms with Crippen molar-refractivity contribution in [2.45, 2.75) is 63.6 Å². The van der Waals surface area contributed by atoms with E-state index in [9.17, 15) is 5.11 Å². The van der Waals surface area contributed by atoms with Crippen LogP contribution in [0.1, 0.15) is 50.5 Å². The summed E-state index contributed by atoms with van der Waals surface area (Å²) < 4.78 is 0. The Hall–Kier alpha value is -0.570. The minimum Gasteiger partial charge on any atom is -0.393 e. The molecule has 3 heteroatoms. The van der Waals surface area contributed by atoms with Crippen LogP contribution in [-0.4, -0.2) is 28.7 Å². The van der Waals surface area contributed by atoms with Gasteiger partial charge in [0.1, 0.15) is 0 Å². The first-order chi connectivity index (χ1) is 10.2. The third-order valence-electron chi connectivity index (χ3n) is 5.21.